The standard InChI is InChI=1S/C13H21NO/c1-5-9-7-11(3)12(4,15)10(6-2)13(9,11)8-14/h9-10,15H,5-7H2,1-4H3. The first-order valence-electron chi connectivity index (χ1n) is 6.06. The fourth-order valence-corrected chi connectivity index (χ4v) is 4.67. The van der Waals surface area contributed by atoms with E-state index in [0.29, 0.717) is 5.92 Å². The largest absolute Gasteiger partial charge is 0.389 e. The van der Waals surface area contributed by atoms with Gasteiger partial charge < -0.3 is 5.11 Å². The molecule has 2 aliphatic carbocycles. The Morgan fingerprint density at radius 2 is 1.93 bits per heavy atom. The van der Waals surface area contributed by atoms with Crippen LogP contribution in [0, 0.1) is 34.0 Å². The summed E-state index contributed by atoms with van der Waals surface area (Å²) in [7, 11) is 0. The van der Waals surface area contributed by atoms with Gasteiger partial charge in [0.1, 0.15) is 0 Å². The normalized spacial score (nSPS) is 57.3. The summed E-state index contributed by atoms with van der Waals surface area (Å²) in [4.78, 5) is 0. The first-order chi connectivity index (χ1) is 6.92. The predicted octanol–water partition coefficient (Wildman–Crippen LogP) is 2.72. The highest BCUT2D eigenvalue weighted by Crippen LogP contribution is 2.80. The molecule has 0 saturated heterocycles. The zero-order valence-corrected chi connectivity index (χ0v) is 10.2. The first kappa shape index (κ1) is 11.0. The molecule has 15 heavy (non-hydrogen) atoms. The Hall–Kier alpha value is -0.550. The molecule has 0 aromatic carbocycles. The molecule has 84 valence electrons. The van der Waals surface area contributed by atoms with Gasteiger partial charge in [0.25, 0.3) is 0 Å². The van der Waals surface area contributed by atoms with Crippen molar-refractivity contribution in [2.45, 2.75) is 52.6 Å². The van der Waals surface area contributed by atoms with E-state index in [4.69, 9.17) is 0 Å². The summed E-state index contributed by atoms with van der Waals surface area (Å²) >= 11 is 0. The van der Waals surface area contributed by atoms with Gasteiger partial charge in [-0.15, -0.1) is 0 Å². The van der Waals surface area contributed by atoms with Crippen molar-refractivity contribution in [3.05, 3.63) is 0 Å². The molecule has 2 fully saturated rings. The maximum atomic E-state index is 10.5. The van der Waals surface area contributed by atoms with E-state index in [-0.39, 0.29) is 16.7 Å². The summed E-state index contributed by atoms with van der Waals surface area (Å²) in [6, 6.07) is 2.55. The van der Waals surface area contributed by atoms with Crippen LogP contribution in [0.1, 0.15) is 47.0 Å². The number of hydrogen-bond acceptors (Lipinski definition) is 2. The molecule has 0 spiro atoms. The van der Waals surface area contributed by atoms with Crippen LogP contribution in [0.2, 0.25) is 0 Å². The van der Waals surface area contributed by atoms with Crippen molar-refractivity contribution in [1.82, 2.24) is 0 Å². The maximum absolute atomic E-state index is 10.5. The van der Waals surface area contributed by atoms with Crippen LogP contribution in [0.3, 0.4) is 0 Å². The molecule has 0 aromatic rings. The van der Waals surface area contributed by atoms with Crippen LogP contribution in [-0.4, -0.2) is 10.7 Å². The van der Waals surface area contributed by atoms with Gasteiger partial charge in [0, 0.05) is 11.3 Å². The van der Waals surface area contributed by atoms with E-state index in [1.807, 2.05) is 6.92 Å². The summed E-state index contributed by atoms with van der Waals surface area (Å²) in [6.07, 6.45) is 2.99. The van der Waals surface area contributed by atoms with Crippen molar-refractivity contribution >= 4 is 0 Å². The van der Waals surface area contributed by atoms with Crippen molar-refractivity contribution in [2.75, 3.05) is 0 Å². The molecule has 5 atom stereocenters. The number of nitrogens with zero attached hydrogens (tertiary/aromatic N) is 1. The molecule has 2 aliphatic rings. The SMILES string of the molecule is CCC1CC2(C)C(C)(O)C(CC)C12C#N. The average molecular weight is 207 g/mol. The maximum Gasteiger partial charge on any atom is 0.0738 e. The molecule has 0 heterocycles. The fraction of sp³-hybridized carbons (Fsp3) is 0.923. The Labute approximate surface area is 92.3 Å². The first-order valence-corrected chi connectivity index (χ1v) is 6.06. The van der Waals surface area contributed by atoms with E-state index in [0.717, 1.165) is 19.3 Å². The summed E-state index contributed by atoms with van der Waals surface area (Å²) in [6.45, 7) is 8.25. The molecule has 0 radical (unpaired) electrons. The van der Waals surface area contributed by atoms with Gasteiger partial charge in [-0.05, 0) is 25.7 Å². The molecule has 1 N–H and O–H groups in total. The Morgan fingerprint density at radius 3 is 2.33 bits per heavy atom. The van der Waals surface area contributed by atoms with Crippen LogP contribution in [0.5, 0.6) is 0 Å². The van der Waals surface area contributed by atoms with Crippen molar-refractivity contribution in [1.29, 1.82) is 5.26 Å². The second kappa shape index (κ2) is 2.77. The minimum absolute atomic E-state index is 0.157. The molecule has 0 amide bonds. The van der Waals surface area contributed by atoms with Gasteiger partial charge in [-0.3, -0.25) is 0 Å². The Balaban J connectivity index is 2.40. The van der Waals surface area contributed by atoms with Gasteiger partial charge in [-0.1, -0.05) is 27.2 Å². The fourth-order valence-electron chi connectivity index (χ4n) is 4.67. The van der Waals surface area contributed by atoms with Gasteiger partial charge in [-0.25, -0.2) is 0 Å². The lowest BCUT2D eigenvalue weighted by Gasteiger charge is -2.79. The van der Waals surface area contributed by atoms with E-state index in [9.17, 15) is 10.4 Å². The third-order valence-electron chi connectivity index (χ3n) is 5.64. The lowest BCUT2D eigenvalue weighted by molar-refractivity contribution is -0.363. The minimum atomic E-state index is -0.636. The molecule has 2 heteroatoms. The number of hydrogen-bond donors (Lipinski definition) is 1. The average Bonchev–Trinajstić information content (AvgIpc) is 2.20. The number of rotatable bonds is 2. The van der Waals surface area contributed by atoms with E-state index in [1.54, 1.807) is 0 Å². The highest BCUT2D eigenvalue weighted by molar-refractivity contribution is 5.37. The van der Waals surface area contributed by atoms with Crippen molar-refractivity contribution in [3.8, 4) is 6.07 Å². The summed E-state index contributed by atoms with van der Waals surface area (Å²) < 4.78 is 0. The molecule has 2 nitrogen and oxygen atoms in total. The molecule has 0 bridgehead atoms. The zero-order valence-electron chi connectivity index (χ0n) is 10.2. The van der Waals surface area contributed by atoms with Gasteiger partial charge >= 0.3 is 0 Å². The smallest absolute Gasteiger partial charge is 0.0738 e. The van der Waals surface area contributed by atoms with Crippen LogP contribution in [-0.2, 0) is 0 Å². The third-order valence-corrected chi connectivity index (χ3v) is 5.64. The summed E-state index contributed by atoms with van der Waals surface area (Å²) in [5.74, 6) is 0.663. The van der Waals surface area contributed by atoms with Gasteiger partial charge in [0.05, 0.1) is 17.1 Å². The molecule has 0 aromatic heterocycles. The van der Waals surface area contributed by atoms with Crippen molar-refractivity contribution < 1.29 is 5.11 Å². The van der Waals surface area contributed by atoms with E-state index in [2.05, 4.69) is 26.8 Å². The third kappa shape index (κ3) is 0.783. The van der Waals surface area contributed by atoms with E-state index < -0.39 is 5.60 Å². The number of nitriles is 1. The predicted molar refractivity (Wildman–Crippen MR) is 59.0 cm³/mol. The number of fused-ring (bicyclic) bond motifs is 1. The van der Waals surface area contributed by atoms with Crippen LogP contribution in [0.25, 0.3) is 0 Å². The molecule has 0 aliphatic heterocycles. The van der Waals surface area contributed by atoms with Crippen molar-refractivity contribution in [2.24, 2.45) is 22.7 Å². The molecular formula is C13H21NO. The zero-order chi connectivity index (χ0) is 11.5. The van der Waals surface area contributed by atoms with Crippen LogP contribution < -0.4 is 0 Å². The molecule has 2 saturated carbocycles. The highest BCUT2D eigenvalue weighted by Gasteiger charge is 2.83. The number of aliphatic hydroxyl groups is 1. The van der Waals surface area contributed by atoms with Crippen LogP contribution in [0.4, 0.5) is 0 Å². The topological polar surface area (TPSA) is 44.0 Å². The molecule has 2 rings (SSSR count). The van der Waals surface area contributed by atoms with Gasteiger partial charge in [-0.2, -0.15) is 5.26 Å². The van der Waals surface area contributed by atoms with Crippen LogP contribution in [0.15, 0.2) is 0 Å². The molecule has 5 unspecified atom stereocenters. The highest BCUT2D eigenvalue weighted by atomic mass is 16.3. The summed E-state index contributed by atoms with van der Waals surface area (Å²) in [5.41, 5.74) is -1.03. The quantitative estimate of drug-likeness (QED) is 0.756. The van der Waals surface area contributed by atoms with E-state index in [1.165, 1.54) is 0 Å². The minimum Gasteiger partial charge on any atom is -0.389 e. The summed E-state index contributed by atoms with van der Waals surface area (Å²) in [5, 5.41) is 20.0. The van der Waals surface area contributed by atoms with E-state index >= 15 is 0 Å². The van der Waals surface area contributed by atoms with Gasteiger partial charge in [0.15, 0.2) is 0 Å². The Morgan fingerprint density at radius 1 is 1.33 bits per heavy atom. The Bertz CT molecular complexity index is 330. The van der Waals surface area contributed by atoms with Gasteiger partial charge in [0.2, 0.25) is 0 Å². The second-order valence-electron chi connectivity index (χ2n) is 5.73. The lowest BCUT2D eigenvalue weighted by Crippen LogP contribution is -2.82. The second-order valence-corrected chi connectivity index (χ2v) is 5.73. The monoisotopic (exact) mass is 207 g/mol. The lowest BCUT2D eigenvalue weighted by atomic mass is 9.24. The molecular weight excluding hydrogens is 186 g/mol. The van der Waals surface area contributed by atoms with Crippen LogP contribution >= 0.6 is 0 Å². The Kier molecular flexibility index (Phi) is 2.02. The van der Waals surface area contributed by atoms with Crippen molar-refractivity contribution in [3.63, 3.8) is 0 Å².